The van der Waals surface area contributed by atoms with Gasteiger partial charge in [-0.05, 0) is 50.3 Å². The lowest BCUT2D eigenvalue weighted by atomic mass is 9.85. The Morgan fingerprint density at radius 3 is 2.58 bits per heavy atom. The van der Waals surface area contributed by atoms with Gasteiger partial charge in [0.2, 0.25) is 0 Å². The summed E-state index contributed by atoms with van der Waals surface area (Å²) in [7, 11) is -4.47. The molecule has 1 aromatic carbocycles. The molecule has 6 nitrogen and oxygen atoms in total. The van der Waals surface area contributed by atoms with Crippen molar-refractivity contribution in [1.29, 1.82) is 0 Å². The molecule has 0 aliphatic heterocycles. The summed E-state index contributed by atoms with van der Waals surface area (Å²) in [6.45, 7) is 3.39. The van der Waals surface area contributed by atoms with E-state index in [1.165, 1.54) is 12.1 Å². The van der Waals surface area contributed by atoms with Crippen LogP contribution in [0, 0.1) is 11.7 Å². The molecule has 1 fully saturated rings. The van der Waals surface area contributed by atoms with Crippen molar-refractivity contribution in [3.05, 3.63) is 29.6 Å². The minimum atomic E-state index is -4.47. The second kappa shape index (κ2) is 8.35. The van der Waals surface area contributed by atoms with Crippen molar-refractivity contribution in [2.75, 3.05) is 12.4 Å². The Morgan fingerprint density at radius 2 is 2.00 bits per heavy atom. The van der Waals surface area contributed by atoms with Gasteiger partial charge in [0.15, 0.2) is 11.6 Å². The van der Waals surface area contributed by atoms with Gasteiger partial charge in [-0.1, -0.05) is 19.8 Å². The van der Waals surface area contributed by atoms with E-state index >= 15 is 0 Å². The standard InChI is InChI=1S/C18H25FO6S/c1-3-18(2,14-6-4-5-7-14)25-16-12-13(8-9-15(16)19)17(20)24-10-11-26(21,22)23/h8-9,12,14H,3-7,10-11H2,1-2H3,(H,21,22,23)/p-1. The molecule has 0 radical (unpaired) electrons. The van der Waals surface area contributed by atoms with Crippen LogP contribution in [-0.4, -0.2) is 36.9 Å². The zero-order valence-electron chi connectivity index (χ0n) is 15.0. The third-order valence-electron chi connectivity index (χ3n) is 5.00. The quantitative estimate of drug-likeness (QED) is 0.502. The van der Waals surface area contributed by atoms with Crippen molar-refractivity contribution in [3.63, 3.8) is 0 Å². The minimum Gasteiger partial charge on any atom is -0.748 e. The summed E-state index contributed by atoms with van der Waals surface area (Å²) in [5, 5.41) is 0. The summed E-state index contributed by atoms with van der Waals surface area (Å²) >= 11 is 0. The molecule has 1 aliphatic carbocycles. The first-order valence-electron chi connectivity index (χ1n) is 8.74. The molecular formula is C18H24FO6S-. The van der Waals surface area contributed by atoms with Crippen molar-refractivity contribution >= 4 is 16.1 Å². The highest BCUT2D eigenvalue weighted by Crippen LogP contribution is 2.39. The fourth-order valence-corrected chi connectivity index (χ4v) is 3.55. The van der Waals surface area contributed by atoms with E-state index in [0.717, 1.165) is 31.7 Å². The lowest BCUT2D eigenvalue weighted by Gasteiger charge is -2.35. The third-order valence-corrected chi connectivity index (χ3v) is 5.66. The first-order chi connectivity index (χ1) is 12.1. The fraction of sp³-hybridized carbons (Fsp3) is 0.611. The van der Waals surface area contributed by atoms with E-state index < -0.39 is 39.9 Å². The zero-order valence-corrected chi connectivity index (χ0v) is 15.8. The number of carbonyl (C=O) groups is 1. The van der Waals surface area contributed by atoms with Crippen LogP contribution >= 0.6 is 0 Å². The van der Waals surface area contributed by atoms with Gasteiger partial charge in [0.1, 0.15) is 12.2 Å². The maximum Gasteiger partial charge on any atom is 0.338 e. The Balaban J connectivity index is 2.12. The lowest BCUT2D eigenvalue weighted by Crippen LogP contribution is -2.39. The molecule has 0 saturated heterocycles. The maximum absolute atomic E-state index is 14.2. The van der Waals surface area contributed by atoms with Gasteiger partial charge in [0, 0.05) is 0 Å². The molecule has 0 bridgehead atoms. The van der Waals surface area contributed by atoms with E-state index in [4.69, 9.17) is 9.47 Å². The molecule has 1 aromatic rings. The number of hydrogen-bond donors (Lipinski definition) is 0. The second-order valence-corrected chi connectivity index (χ2v) is 8.32. The van der Waals surface area contributed by atoms with Gasteiger partial charge >= 0.3 is 5.97 Å². The predicted molar refractivity (Wildman–Crippen MR) is 92.5 cm³/mol. The van der Waals surface area contributed by atoms with E-state index in [-0.39, 0.29) is 11.3 Å². The molecule has 0 heterocycles. The molecule has 0 aromatic heterocycles. The van der Waals surface area contributed by atoms with Crippen LogP contribution in [0.2, 0.25) is 0 Å². The van der Waals surface area contributed by atoms with Crippen LogP contribution in [0.3, 0.4) is 0 Å². The summed E-state index contributed by atoms with van der Waals surface area (Å²) in [4.78, 5) is 12.0. The van der Waals surface area contributed by atoms with Gasteiger partial charge in [0.05, 0.1) is 21.4 Å². The topological polar surface area (TPSA) is 92.7 Å². The van der Waals surface area contributed by atoms with Crippen molar-refractivity contribution in [2.45, 2.75) is 51.6 Å². The van der Waals surface area contributed by atoms with Crippen molar-refractivity contribution in [3.8, 4) is 5.75 Å². The summed E-state index contributed by atoms with van der Waals surface area (Å²) in [6.07, 6.45) is 5.00. The molecule has 26 heavy (non-hydrogen) atoms. The highest BCUT2D eigenvalue weighted by atomic mass is 32.2. The van der Waals surface area contributed by atoms with Gasteiger partial charge in [-0.25, -0.2) is 17.6 Å². The Hall–Kier alpha value is -1.67. The summed E-state index contributed by atoms with van der Waals surface area (Å²) in [5.74, 6) is -1.94. The van der Waals surface area contributed by atoms with E-state index in [9.17, 15) is 22.2 Å². The van der Waals surface area contributed by atoms with Crippen LogP contribution in [0.15, 0.2) is 18.2 Å². The molecule has 1 aliphatic rings. The molecule has 8 heteroatoms. The molecule has 1 atom stereocenters. The molecule has 1 unspecified atom stereocenters. The molecule has 0 spiro atoms. The third kappa shape index (κ3) is 5.41. The van der Waals surface area contributed by atoms with Gasteiger partial charge in [0.25, 0.3) is 0 Å². The minimum absolute atomic E-state index is 0.0350. The molecule has 0 amide bonds. The van der Waals surface area contributed by atoms with E-state index in [2.05, 4.69) is 0 Å². The van der Waals surface area contributed by atoms with Gasteiger partial charge in [-0.3, -0.25) is 0 Å². The Bertz CT molecular complexity index is 742. The summed E-state index contributed by atoms with van der Waals surface area (Å²) < 4.78 is 56.6. The monoisotopic (exact) mass is 387 g/mol. The average Bonchev–Trinajstić information content (AvgIpc) is 3.10. The van der Waals surface area contributed by atoms with Gasteiger partial charge in [-0.2, -0.15) is 0 Å². The first-order valence-corrected chi connectivity index (χ1v) is 10.3. The average molecular weight is 387 g/mol. The number of esters is 1. The normalized spacial score (nSPS) is 17.7. The lowest BCUT2D eigenvalue weighted by molar-refractivity contribution is 0.0203. The SMILES string of the molecule is CCC(C)(Oc1cc(C(=O)OCCS(=O)(=O)[O-])ccc1F)C1CCCC1. The van der Waals surface area contributed by atoms with Crippen LogP contribution in [0.1, 0.15) is 56.3 Å². The van der Waals surface area contributed by atoms with Crippen LogP contribution in [-0.2, 0) is 14.9 Å². The molecule has 1 saturated carbocycles. The Morgan fingerprint density at radius 1 is 1.35 bits per heavy atom. The maximum atomic E-state index is 14.2. The zero-order chi connectivity index (χ0) is 19.4. The van der Waals surface area contributed by atoms with E-state index in [1.807, 2.05) is 13.8 Å². The highest BCUT2D eigenvalue weighted by molar-refractivity contribution is 7.85. The van der Waals surface area contributed by atoms with Crippen LogP contribution in [0.4, 0.5) is 4.39 Å². The predicted octanol–water partition coefficient (Wildman–Crippen LogP) is 3.27. The molecule has 146 valence electrons. The smallest absolute Gasteiger partial charge is 0.338 e. The second-order valence-electron chi connectivity index (χ2n) is 6.79. The highest BCUT2D eigenvalue weighted by Gasteiger charge is 2.37. The molecular weight excluding hydrogens is 363 g/mol. The van der Waals surface area contributed by atoms with Crippen LogP contribution in [0.25, 0.3) is 0 Å². The van der Waals surface area contributed by atoms with Crippen LogP contribution in [0.5, 0.6) is 5.75 Å². The van der Waals surface area contributed by atoms with Crippen LogP contribution < -0.4 is 4.74 Å². The number of benzene rings is 1. The van der Waals surface area contributed by atoms with E-state index in [1.54, 1.807) is 0 Å². The van der Waals surface area contributed by atoms with Gasteiger partial charge < -0.3 is 14.0 Å². The number of rotatable bonds is 8. The van der Waals surface area contributed by atoms with Crippen molar-refractivity contribution in [2.24, 2.45) is 5.92 Å². The molecule has 0 N–H and O–H groups in total. The van der Waals surface area contributed by atoms with Crippen molar-refractivity contribution < 1.29 is 31.6 Å². The number of hydrogen-bond acceptors (Lipinski definition) is 6. The molecule has 2 rings (SSSR count). The van der Waals surface area contributed by atoms with E-state index in [0.29, 0.717) is 12.3 Å². The number of ether oxygens (including phenoxy) is 2. The van der Waals surface area contributed by atoms with Gasteiger partial charge in [-0.15, -0.1) is 0 Å². The fourth-order valence-electron chi connectivity index (χ4n) is 3.26. The first kappa shape index (κ1) is 20.6. The summed E-state index contributed by atoms with van der Waals surface area (Å²) in [5.41, 5.74) is -0.495. The number of carbonyl (C=O) groups excluding carboxylic acids is 1. The Labute approximate surface area is 153 Å². The largest absolute Gasteiger partial charge is 0.748 e. The number of halogens is 1. The Kier molecular flexibility index (Phi) is 6.63. The summed E-state index contributed by atoms with van der Waals surface area (Å²) in [6, 6.07) is 3.60. The van der Waals surface area contributed by atoms with Crippen molar-refractivity contribution in [1.82, 2.24) is 0 Å².